The number of piperidine rings is 1. The number of carboxylic acid groups (broad SMARTS) is 1. The van der Waals surface area contributed by atoms with E-state index in [1.165, 1.54) is 6.07 Å². The van der Waals surface area contributed by atoms with Crippen molar-refractivity contribution in [2.45, 2.75) is 19.3 Å². The van der Waals surface area contributed by atoms with Crippen LogP contribution in [0.5, 0.6) is 5.75 Å². The number of ether oxygens (including phenoxy) is 1. The van der Waals surface area contributed by atoms with Crippen molar-refractivity contribution in [3.8, 4) is 5.75 Å². The van der Waals surface area contributed by atoms with Gasteiger partial charge in [-0.2, -0.15) is 0 Å². The lowest BCUT2D eigenvalue weighted by molar-refractivity contribution is -0.132. The maximum atomic E-state index is 12.5. The quantitative estimate of drug-likeness (QED) is 0.866. The van der Waals surface area contributed by atoms with E-state index in [1.54, 1.807) is 18.2 Å². The lowest BCUT2D eigenvalue weighted by Crippen LogP contribution is -2.40. The molecule has 2 aromatic carbocycles. The number of hydrogen-bond acceptors (Lipinski definition) is 3. The summed E-state index contributed by atoms with van der Waals surface area (Å²) < 4.78 is 5.81. The van der Waals surface area contributed by atoms with Gasteiger partial charge in [-0.3, -0.25) is 4.79 Å². The minimum Gasteiger partial charge on any atom is -0.493 e. The molecule has 0 saturated carbocycles. The molecule has 0 aromatic heterocycles. The number of benzene rings is 2. The molecule has 1 aliphatic rings. The number of carboxylic acids is 1. The van der Waals surface area contributed by atoms with Crippen LogP contribution in [0, 0.1) is 5.92 Å². The highest BCUT2D eigenvalue weighted by atomic mass is 16.5. The van der Waals surface area contributed by atoms with Crippen molar-refractivity contribution in [3.63, 3.8) is 0 Å². The second kappa shape index (κ2) is 8.52. The van der Waals surface area contributed by atoms with Gasteiger partial charge in [0.1, 0.15) is 5.75 Å². The van der Waals surface area contributed by atoms with E-state index in [4.69, 9.17) is 9.84 Å². The summed E-state index contributed by atoms with van der Waals surface area (Å²) >= 11 is 0. The summed E-state index contributed by atoms with van der Waals surface area (Å²) in [5.41, 5.74) is 0.955. The molecule has 0 unspecified atom stereocenters. The monoisotopic (exact) mass is 353 g/mol. The lowest BCUT2D eigenvalue weighted by Gasteiger charge is -2.32. The molecule has 0 aliphatic carbocycles. The van der Waals surface area contributed by atoms with Crippen molar-refractivity contribution in [1.82, 2.24) is 4.90 Å². The van der Waals surface area contributed by atoms with Crippen LogP contribution >= 0.6 is 0 Å². The Morgan fingerprint density at radius 3 is 2.46 bits per heavy atom. The lowest BCUT2D eigenvalue weighted by atomic mass is 9.97. The van der Waals surface area contributed by atoms with Crippen LogP contribution in [0.1, 0.15) is 28.8 Å². The molecule has 0 bridgehead atoms. The van der Waals surface area contributed by atoms with Crippen LogP contribution in [0.4, 0.5) is 0 Å². The number of carbonyl (C=O) groups is 2. The van der Waals surface area contributed by atoms with E-state index in [9.17, 15) is 9.59 Å². The Balaban J connectivity index is 1.46. The van der Waals surface area contributed by atoms with Gasteiger partial charge < -0.3 is 14.7 Å². The molecule has 1 amide bonds. The van der Waals surface area contributed by atoms with Crippen LogP contribution < -0.4 is 4.74 Å². The van der Waals surface area contributed by atoms with E-state index >= 15 is 0 Å². The molecule has 3 rings (SSSR count). The van der Waals surface area contributed by atoms with Crippen LogP contribution in [0.2, 0.25) is 0 Å². The smallest absolute Gasteiger partial charge is 0.335 e. The molecule has 136 valence electrons. The van der Waals surface area contributed by atoms with Crippen LogP contribution in [0.15, 0.2) is 54.6 Å². The molecule has 1 heterocycles. The van der Waals surface area contributed by atoms with Gasteiger partial charge in [-0.15, -0.1) is 0 Å². The van der Waals surface area contributed by atoms with Gasteiger partial charge in [0.25, 0.3) is 0 Å². The van der Waals surface area contributed by atoms with Gasteiger partial charge in [-0.1, -0.05) is 30.3 Å². The summed E-state index contributed by atoms with van der Waals surface area (Å²) in [7, 11) is 0. The van der Waals surface area contributed by atoms with Crippen molar-refractivity contribution in [1.29, 1.82) is 0 Å². The first-order valence-electron chi connectivity index (χ1n) is 8.89. The average molecular weight is 353 g/mol. The molecule has 2 aromatic rings. The third kappa shape index (κ3) is 4.85. The third-order valence-electron chi connectivity index (χ3n) is 4.73. The Morgan fingerprint density at radius 2 is 1.77 bits per heavy atom. The molecule has 1 aliphatic heterocycles. The molecule has 26 heavy (non-hydrogen) atoms. The zero-order chi connectivity index (χ0) is 18.4. The van der Waals surface area contributed by atoms with Crippen LogP contribution in [0.3, 0.4) is 0 Å². The van der Waals surface area contributed by atoms with Gasteiger partial charge in [0, 0.05) is 13.1 Å². The van der Waals surface area contributed by atoms with Crippen molar-refractivity contribution in [2.75, 3.05) is 19.7 Å². The van der Waals surface area contributed by atoms with E-state index in [0.29, 0.717) is 12.5 Å². The number of para-hydroxylation sites is 1. The molecule has 0 spiro atoms. The summed E-state index contributed by atoms with van der Waals surface area (Å²) in [4.78, 5) is 25.4. The number of likely N-dealkylation sites (tertiary alicyclic amines) is 1. The van der Waals surface area contributed by atoms with Crippen LogP contribution in [-0.2, 0) is 11.2 Å². The predicted octanol–water partition coefficient (Wildman–Crippen LogP) is 3.24. The molecule has 0 radical (unpaired) electrons. The summed E-state index contributed by atoms with van der Waals surface area (Å²) in [5, 5.41) is 9.05. The fraction of sp³-hybridized carbons (Fsp3) is 0.333. The molecule has 1 fully saturated rings. The first-order valence-corrected chi connectivity index (χ1v) is 8.89. The molecule has 5 heteroatoms. The second-order valence-corrected chi connectivity index (χ2v) is 6.63. The topological polar surface area (TPSA) is 66.8 Å². The van der Waals surface area contributed by atoms with Crippen molar-refractivity contribution in [2.24, 2.45) is 5.92 Å². The maximum Gasteiger partial charge on any atom is 0.335 e. The van der Waals surface area contributed by atoms with Crippen molar-refractivity contribution < 1.29 is 19.4 Å². The largest absolute Gasteiger partial charge is 0.493 e. The van der Waals surface area contributed by atoms with Gasteiger partial charge >= 0.3 is 5.97 Å². The predicted molar refractivity (Wildman–Crippen MR) is 98.3 cm³/mol. The zero-order valence-corrected chi connectivity index (χ0v) is 14.6. The Bertz CT molecular complexity index is 752. The number of nitrogens with zero attached hydrogens (tertiary/aromatic N) is 1. The second-order valence-electron chi connectivity index (χ2n) is 6.63. The van der Waals surface area contributed by atoms with E-state index in [0.717, 1.165) is 37.2 Å². The minimum atomic E-state index is -0.974. The highest BCUT2D eigenvalue weighted by Crippen LogP contribution is 2.20. The Hall–Kier alpha value is -2.82. The molecule has 0 atom stereocenters. The Labute approximate surface area is 153 Å². The molecule has 1 saturated heterocycles. The summed E-state index contributed by atoms with van der Waals surface area (Å²) in [6.07, 6.45) is 2.09. The van der Waals surface area contributed by atoms with Crippen LogP contribution in [0.25, 0.3) is 0 Å². The maximum absolute atomic E-state index is 12.5. The fourth-order valence-electron chi connectivity index (χ4n) is 3.18. The Morgan fingerprint density at radius 1 is 1.04 bits per heavy atom. The standard InChI is InChI=1S/C21H23NO4/c23-20(14-17-5-4-6-18(13-17)21(24)25)22-11-9-16(10-12-22)15-26-19-7-2-1-3-8-19/h1-8,13,16H,9-12,14-15H2,(H,24,25). The molecular formula is C21H23NO4. The summed E-state index contributed by atoms with van der Waals surface area (Å²) in [5.74, 6) is 0.410. The van der Waals surface area contributed by atoms with E-state index < -0.39 is 5.97 Å². The van der Waals surface area contributed by atoms with E-state index in [-0.39, 0.29) is 17.9 Å². The normalized spacial score (nSPS) is 14.8. The number of aromatic carboxylic acids is 1. The molecular weight excluding hydrogens is 330 g/mol. The average Bonchev–Trinajstić information content (AvgIpc) is 2.68. The Kier molecular flexibility index (Phi) is 5.89. The number of amides is 1. The first-order chi connectivity index (χ1) is 12.6. The van der Waals surface area contributed by atoms with Gasteiger partial charge in [0.15, 0.2) is 0 Å². The van der Waals surface area contributed by atoms with Crippen molar-refractivity contribution in [3.05, 3.63) is 65.7 Å². The van der Waals surface area contributed by atoms with Crippen LogP contribution in [-0.4, -0.2) is 41.6 Å². The molecule has 5 nitrogen and oxygen atoms in total. The minimum absolute atomic E-state index is 0.0509. The SMILES string of the molecule is O=C(O)c1cccc(CC(=O)N2CCC(COc3ccccc3)CC2)c1. The number of rotatable bonds is 6. The highest BCUT2D eigenvalue weighted by molar-refractivity contribution is 5.88. The van der Waals surface area contributed by atoms with Gasteiger partial charge in [0.2, 0.25) is 5.91 Å². The van der Waals surface area contributed by atoms with Gasteiger partial charge in [0.05, 0.1) is 18.6 Å². The molecule has 1 N–H and O–H groups in total. The third-order valence-corrected chi connectivity index (χ3v) is 4.73. The number of hydrogen-bond donors (Lipinski definition) is 1. The summed E-state index contributed by atoms with van der Waals surface area (Å²) in [6, 6.07) is 16.3. The van der Waals surface area contributed by atoms with E-state index in [1.807, 2.05) is 35.2 Å². The van der Waals surface area contributed by atoms with Crippen molar-refractivity contribution >= 4 is 11.9 Å². The first kappa shape index (κ1) is 18.0. The number of carbonyl (C=O) groups excluding carboxylic acids is 1. The fourth-order valence-corrected chi connectivity index (χ4v) is 3.18. The van der Waals surface area contributed by atoms with Gasteiger partial charge in [-0.05, 0) is 48.6 Å². The summed E-state index contributed by atoms with van der Waals surface area (Å²) in [6.45, 7) is 2.12. The highest BCUT2D eigenvalue weighted by Gasteiger charge is 2.23. The van der Waals surface area contributed by atoms with E-state index in [2.05, 4.69) is 0 Å². The zero-order valence-electron chi connectivity index (χ0n) is 14.6. The van der Waals surface area contributed by atoms with Gasteiger partial charge in [-0.25, -0.2) is 4.79 Å².